The van der Waals surface area contributed by atoms with Gasteiger partial charge >= 0.3 is 11.4 Å². The molecular weight excluding hydrogens is 639 g/mol. The lowest BCUT2D eigenvalue weighted by molar-refractivity contribution is -0.0422. The topological polar surface area (TPSA) is 234 Å². The van der Waals surface area contributed by atoms with Crippen LogP contribution in [0.15, 0.2) is 31.6 Å². The fraction of sp³-hybridized carbons (Fsp3) is 0.690. The van der Waals surface area contributed by atoms with Gasteiger partial charge in [-0.3, -0.25) is 24.1 Å². The van der Waals surface area contributed by atoms with E-state index in [4.69, 9.17) is 39.5 Å². The normalized spacial score (nSPS) is 28.9. The average molecular weight is 686 g/mol. The largest absolute Gasteiger partial charge is 0.382 e. The van der Waals surface area contributed by atoms with Gasteiger partial charge in [-0.1, -0.05) is 13.8 Å². The first-order valence-corrected chi connectivity index (χ1v) is 17.3. The first-order valence-electron chi connectivity index (χ1n) is 15.5. The van der Waals surface area contributed by atoms with Crippen LogP contribution in [0.2, 0.25) is 0 Å². The Labute approximate surface area is 271 Å². The second-order valence-corrected chi connectivity index (χ2v) is 13.6. The van der Waals surface area contributed by atoms with Crippen molar-refractivity contribution < 1.29 is 32.6 Å². The Morgan fingerprint density at radius 2 is 1.30 bits per heavy atom. The van der Waals surface area contributed by atoms with Gasteiger partial charge in [-0.25, -0.2) is 16.3 Å². The van der Waals surface area contributed by atoms with Crippen LogP contribution < -0.4 is 34.0 Å². The molecule has 0 spiro atoms. The molecule has 2 aromatic heterocycles. The summed E-state index contributed by atoms with van der Waals surface area (Å²) in [6, 6.07) is 0. The Bertz CT molecular complexity index is 1640. The minimum absolute atomic E-state index is 0.0505. The molecule has 4 heterocycles. The fourth-order valence-electron chi connectivity index (χ4n) is 6.19. The van der Waals surface area contributed by atoms with E-state index < -0.39 is 72.6 Å². The first kappa shape index (κ1) is 37.1. The summed E-state index contributed by atoms with van der Waals surface area (Å²) in [4.78, 5) is 54.8. The van der Waals surface area contributed by atoms with Gasteiger partial charge in [0.25, 0.3) is 11.1 Å². The molecule has 2 fully saturated rings. The maximum absolute atomic E-state index is 13.6. The van der Waals surface area contributed by atoms with Crippen molar-refractivity contribution >= 4 is 7.60 Å². The number of aryl methyl sites for hydroxylation is 2. The second kappa shape index (κ2) is 16.1. The van der Waals surface area contributed by atoms with Crippen LogP contribution in [0.1, 0.15) is 50.0 Å². The molecule has 264 valence electrons. The molecule has 2 aliphatic rings. The molecule has 0 amide bonds. The van der Waals surface area contributed by atoms with Crippen molar-refractivity contribution in [2.75, 3.05) is 40.5 Å². The van der Waals surface area contributed by atoms with Crippen LogP contribution in [0, 0.1) is 18.5 Å². The lowest BCUT2D eigenvalue weighted by Crippen LogP contribution is -2.34. The highest BCUT2D eigenvalue weighted by atomic mass is 31.2. The molecule has 47 heavy (non-hydrogen) atoms. The van der Waals surface area contributed by atoms with Crippen LogP contribution in [0.25, 0.3) is 0 Å². The summed E-state index contributed by atoms with van der Waals surface area (Å²) in [5.74, 6) is -0.877. The summed E-state index contributed by atoms with van der Waals surface area (Å²) in [5.41, 5.74) is 9.31. The molecule has 0 radical (unpaired) electrons. The van der Waals surface area contributed by atoms with Crippen molar-refractivity contribution in [1.82, 2.24) is 19.1 Å². The van der Waals surface area contributed by atoms with Gasteiger partial charge in [0.05, 0.1) is 48.8 Å². The van der Waals surface area contributed by atoms with Gasteiger partial charge in [0.15, 0.2) is 7.60 Å². The molecular formula is C29H46N6O11P-. The van der Waals surface area contributed by atoms with Crippen LogP contribution in [0.4, 0.5) is 0 Å². The van der Waals surface area contributed by atoms with E-state index in [1.54, 1.807) is 6.92 Å². The Morgan fingerprint density at radius 3 is 1.74 bits per heavy atom. The molecule has 0 bridgehead atoms. The van der Waals surface area contributed by atoms with Gasteiger partial charge in [-0.15, -0.1) is 0 Å². The van der Waals surface area contributed by atoms with Crippen LogP contribution in [0.5, 0.6) is 0 Å². The molecule has 6 N–H and O–H groups in total. The van der Waals surface area contributed by atoms with Gasteiger partial charge in [-0.2, -0.15) is 0 Å². The lowest BCUT2D eigenvalue weighted by Gasteiger charge is -2.30. The maximum atomic E-state index is 13.6. The second-order valence-electron chi connectivity index (χ2n) is 11.9. The summed E-state index contributed by atoms with van der Waals surface area (Å²) in [5, 5.41) is 0. The number of ether oxygens (including phenoxy) is 4. The predicted octanol–water partition coefficient (Wildman–Crippen LogP) is -0.0157. The number of hydrogen-bond acceptors (Lipinski definition) is 13. The predicted molar refractivity (Wildman–Crippen MR) is 170 cm³/mol. The number of nitrogens with zero attached hydrogens (tertiary/aromatic N) is 2. The zero-order valence-corrected chi connectivity index (χ0v) is 28.0. The van der Waals surface area contributed by atoms with E-state index in [-0.39, 0.29) is 30.3 Å². The third kappa shape index (κ3) is 8.47. The van der Waals surface area contributed by atoms with Gasteiger partial charge in [0, 0.05) is 51.5 Å². The SMILES string of the molecule is [CH2-]P(=O)(OC[C@H]1O[C@@H](c2cn(CCCN)c(=O)[nH]c2=O)[C@@H](C)C1OC)OC1[C@@H](COC)O[C@@H](c2cn(CCCN)c(=O)[nH]c2=O)[C@H]1C. The number of rotatable bonds is 16. The number of aromatic nitrogens is 4. The van der Waals surface area contributed by atoms with Crippen LogP contribution in [-0.2, 0) is 45.6 Å². The summed E-state index contributed by atoms with van der Waals surface area (Å²) < 4.78 is 51.4. The van der Waals surface area contributed by atoms with E-state index >= 15 is 0 Å². The molecule has 18 heteroatoms. The van der Waals surface area contributed by atoms with Gasteiger partial charge in [-0.05, 0) is 25.9 Å². The highest BCUT2D eigenvalue weighted by Crippen LogP contribution is 2.53. The van der Waals surface area contributed by atoms with Gasteiger partial charge in [0.1, 0.15) is 12.2 Å². The zero-order valence-electron chi connectivity index (χ0n) is 27.1. The van der Waals surface area contributed by atoms with E-state index in [9.17, 15) is 23.7 Å². The van der Waals surface area contributed by atoms with Crippen molar-refractivity contribution in [3.63, 3.8) is 0 Å². The standard InChI is InChI=1S/C29H46N6O11P/c1-16-22(18-12-34(10-6-8-30)28(38)32-26(18)36)45-21(24(16)42-4)15-43-47(5,40)46-25-17(2)23(44-20(25)14-41-3)19-13-35(11-7-9-31)29(39)33-27(19)37/h12-13,16-17,20-25H,5-11,14-15,30-31H2,1-4H3,(H,32,36,38)(H,33,37,39)/q-1/t16-,17-,20-,21-,22-,23-,24?,25?,47?/m1/s1. The highest BCUT2D eigenvalue weighted by molar-refractivity contribution is 7.55. The van der Waals surface area contributed by atoms with Crippen molar-refractivity contribution in [3.05, 3.63) is 71.9 Å². The number of nitrogens with two attached hydrogens (primary N) is 2. The van der Waals surface area contributed by atoms with E-state index in [1.807, 2.05) is 6.92 Å². The quantitative estimate of drug-likeness (QED) is 0.135. The molecule has 3 unspecified atom stereocenters. The molecule has 4 rings (SSSR count). The summed E-state index contributed by atoms with van der Waals surface area (Å²) in [7, 11) is -1.09. The molecule has 0 saturated carbocycles. The Balaban J connectivity index is 1.49. The van der Waals surface area contributed by atoms with Crippen LogP contribution in [0.3, 0.4) is 0 Å². The monoisotopic (exact) mass is 685 g/mol. The number of nitrogens with one attached hydrogen (secondary N) is 2. The first-order chi connectivity index (χ1) is 22.3. The Hall–Kier alpha value is -2.73. The molecule has 2 saturated heterocycles. The number of aromatic amines is 2. The van der Waals surface area contributed by atoms with E-state index in [0.29, 0.717) is 39.0 Å². The minimum Gasteiger partial charge on any atom is -0.382 e. The highest BCUT2D eigenvalue weighted by Gasteiger charge is 2.47. The smallest absolute Gasteiger partial charge is 0.328 e. The van der Waals surface area contributed by atoms with Gasteiger partial charge in [0.2, 0.25) is 0 Å². The fourth-order valence-corrected chi connectivity index (χ4v) is 7.33. The van der Waals surface area contributed by atoms with Crippen molar-refractivity contribution in [2.45, 2.75) is 76.4 Å². The van der Waals surface area contributed by atoms with Crippen LogP contribution >= 0.6 is 7.60 Å². The minimum atomic E-state index is -4.04. The molecule has 9 atom stereocenters. The molecule has 2 aliphatic heterocycles. The van der Waals surface area contributed by atoms with Crippen molar-refractivity contribution in [3.8, 4) is 0 Å². The third-order valence-electron chi connectivity index (χ3n) is 8.58. The van der Waals surface area contributed by atoms with E-state index in [0.717, 1.165) is 0 Å². The van der Waals surface area contributed by atoms with Crippen molar-refractivity contribution in [1.29, 1.82) is 0 Å². The molecule has 0 aromatic carbocycles. The van der Waals surface area contributed by atoms with Gasteiger partial charge < -0.3 is 48.6 Å². The third-order valence-corrected chi connectivity index (χ3v) is 9.69. The summed E-state index contributed by atoms with van der Waals surface area (Å²) in [6.45, 7) is 8.46. The zero-order chi connectivity index (χ0) is 34.5. The molecule has 17 nitrogen and oxygen atoms in total. The molecule has 2 aromatic rings. The maximum Gasteiger partial charge on any atom is 0.328 e. The number of H-pyrrole nitrogens is 2. The summed E-state index contributed by atoms with van der Waals surface area (Å²) in [6.07, 6.45) is -0.551. The van der Waals surface area contributed by atoms with Crippen LogP contribution in [-0.4, -0.2) is 84.0 Å². The Kier molecular flexibility index (Phi) is 12.7. The lowest BCUT2D eigenvalue weighted by atomic mass is 9.95. The van der Waals surface area contributed by atoms with Crippen molar-refractivity contribution in [2.24, 2.45) is 23.3 Å². The number of hydrogen-bond donors (Lipinski definition) is 4. The van der Waals surface area contributed by atoms with E-state index in [1.165, 1.54) is 35.7 Å². The van der Waals surface area contributed by atoms with E-state index in [2.05, 4.69) is 16.6 Å². The molecule has 0 aliphatic carbocycles. The number of methoxy groups -OCH3 is 2. The average Bonchev–Trinajstić information content (AvgIpc) is 3.50. The Morgan fingerprint density at radius 1 is 0.830 bits per heavy atom. The summed E-state index contributed by atoms with van der Waals surface area (Å²) >= 11 is 0.